The van der Waals surface area contributed by atoms with E-state index in [1.54, 1.807) is 12.1 Å². The van der Waals surface area contributed by atoms with Gasteiger partial charge in [0.2, 0.25) is 16.3 Å². The van der Waals surface area contributed by atoms with E-state index in [4.69, 9.17) is 4.74 Å². The lowest BCUT2D eigenvalue weighted by Crippen LogP contribution is -2.42. The van der Waals surface area contributed by atoms with Gasteiger partial charge in [-0.3, -0.25) is 0 Å². The maximum Gasteiger partial charge on any atom is 0.351 e. The Morgan fingerprint density at radius 3 is 2.22 bits per heavy atom. The molecule has 1 aromatic rings. The van der Waals surface area contributed by atoms with Crippen molar-refractivity contribution in [3.63, 3.8) is 0 Å². The van der Waals surface area contributed by atoms with Crippen molar-refractivity contribution in [2.45, 2.75) is 18.0 Å². The zero-order valence-electron chi connectivity index (χ0n) is 10.3. The minimum atomic E-state index is -3.82. The van der Waals surface area contributed by atoms with Gasteiger partial charge in [0, 0.05) is 7.11 Å². The predicted molar refractivity (Wildman–Crippen MR) is 64.3 cm³/mol. The average Bonchev–Trinajstić information content (AvgIpc) is 2.35. The zero-order valence-corrected chi connectivity index (χ0v) is 11.2. The lowest BCUT2D eigenvalue weighted by Gasteiger charge is -2.14. The van der Waals surface area contributed by atoms with E-state index in [1.807, 2.05) is 6.92 Å². The van der Waals surface area contributed by atoms with E-state index in [1.165, 1.54) is 19.2 Å². The zero-order chi connectivity index (χ0) is 13.8. The summed E-state index contributed by atoms with van der Waals surface area (Å²) in [6.45, 7) is 1.84. The normalized spacial score (nSPS) is 13.1. The number of hydrogen-bond donors (Lipinski definition) is 1. The summed E-state index contributed by atoms with van der Waals surface area (Å²) in [6, 6.07) is 6.21. The van der Waals surface area contributed by atoms with Crippen molar-refractivity contribution in [1.29, 1.82) is 0 Å². The molecule has 0 saturated carbocycles. The highest BCUT2D eigenvalue weighted by molar-refractivity contribution is 7.89. The number of aryl methyl sites for hydroxylation is 1. The first-order valence-electron chi connectivity index (χ1n) is 5.10. The van der Waals surface area contributed by atoms with Gasteiger partial charge in [-0.25, -0.2) is 13.2 Å². The van der Waals surface area contributed by atoms with E-state index in [0.29, 0.717) is 0 Å². The van der Waals surface area contributed by atoms with Crippen molar-refractivity contribution in [1.82, 2.24) is 4.72 Å². The fraction of sp³-hybridized carbons (Fsp3) is 0.364. The Balaban J connectivity index is 2.94. The molecule has 0 spiro atoms. The number of hydrogen-bond acceptors (Lipinski definition) is 5. The second-order valence-corrected chi connectivity index (χ2v) is 5.29. The molecule has 0 bridgehead atoms. The number of nitrogens with one attached hydrogen (secondary N) is 1. The largest absolute Gasteiger partial charge is 0.466 e. The lowest BCUT2D eigenvalue weighted by molar-refractivity contribution is -0.152. The third-order valence-electron chi connectivity index (χ3n) is 2.24. The summed E-state index contributed by atoms with van der Waals surface area (Å²) in [7, 11) is -1.46. The van der Waals surface area contributed by atoms with Crippen LogP contribution >= 0.6 is 0 Å². The van der Waals surface area contributed by atoms with Crippen molar-refractivity contribution in [2.75, 3.05) is 14.2 Å². The van der Waals surface area contributed by atoms with E-state index >= 15 is 0 Å². The standard InChI is InChI=1S/C11H15NO5S/c1-8-4-6-9(7-5-8)18(14,15)12-10(16-2)11(13)17-3/h4-7,10,12H,1-3H3. The summed E-state index contributed by atoms with van der Waals surface area (Å²) < 4.78 is 35.1. The van der Waals surface area contributed by atoms with E-state index < -0.39 is 22.2 Å². The minimum Gasteiger partial charge on any atom is -0.466 e. The topological polar surface area (TPSA) is 81.7 Å². The highest BCUT2D eigenvalue weighted by atomic mass is 32.2. The number of methoxy groups -OCH3 is 2. The predicted octanol–water partition coefficient (Wildman–Crippen LogP) is 0.419. The lowest BCUT2D eigenvalue weighted by atomic mass is 10.2. The van der Waals surface area contributed by atoms with Crippen molar-refractivity contribution in [2.24, 2.45) is 0 Å². The molecule has 18 heavy (non-hydrogen) atoms. The first-order chi connectivity index (χ1) is 8.40. The summed E-state index contributed by atoms with van der Waals surface area (Å²) in [5.41, 5.74) is 0.935. The minimum absolute atomic E-state index is 0.0547. The molecule has 6 nitrogen and oxygen atoms in total. The number of ether oxygens (including phenoxy) is 2. The molecular formula is C11H15NO5S. The van der Waals surface area contributed by atoms with Gasteiger partial charge in [0.05, 0.1) is 12.0 Å². The number of esters is 1. The second kappa shape index (κ2) is 5.94. The molecule has 1 rings (SSSR count). The van der Waals surface area contributed by atoms with Gasteiger partial charge < -0.3 is 9.47 Å². The van der Waals surface area contributed by atoms with Gasteiger partial charge in [-0.2, -0.15) is 4.72 Å². The van der Waals surface area contributed by atoms with Crippen LogP contribution in [0, 0.1) is 6.92 Å². The molecule has 1 unspecified atom stereocenters. The second-order valence-electron chi connectivity index (χ2n) is 3.57. The van der Waals surface area contributed by atoms with Crippen LogP contribution in [0.15, 0.2) is 29.2 Å². The SMILES string of the molecule is COC(=O)C(NS(=O)(=O)c1ccc(C)cc1)OC. The third kappa shape index (κ3) is 3.52. The molecule has 1 aromatic carbocycles. The van der Waals surface area contributed by atoms with Gasteiger partial charge in [-0.1, -0.05) is 17.7 Å². The first kappa shape index (κ1) is 14.6. The molecule has 0 aromatic heterocycles. The van der Waals surface area contributed by atoms with Crippen LogP contribution in [0.4, 0.5) is 0 Å². The highest BCUT2D eigenvalue weighted by Gasteiger charge is 2.25. The molecule has 100 valence electrons. The van der Waals surface area contributed by atoms with E-state index in [2.05, 4.69) is 9.46 Å². The Bertz CT molecular complexity index is 509. The fourth-order valence-electron chi connectivity index (χ4n) is 1.23. The molecule has 0 radical (unpaired) electrons. The van der Waals surface area contributed by atoms with Crippen LogP contribution in [0.1, 0.15) is 5.56 Å². The van der Waals surface area contributed by atoms with Crippen LogP contribution in [-0.2, 0) is 24.3 Å². The summed E-state index contributed by atoms with van der Waals surface area (Å²) in [6.07, 6.45) is -1.36. The van der Waals surface area contributed by atoms with Crippen LogP contribution in [0.2, 0.25) is 0 Å². The molecule has 0 aliphatic carbocycles. The number of carbonyl (C=O) groups excluding carboxylic acids is 1. The van der Waals surface area contributed by atoms with Crippen molar-refractivity contribution < 1.29 is 22.7 Å². The molecule has 0 aliphatic rings. The molecule has 0 fully saturated rings. The number of rotatable bonds is 5. The molecule has 0 aliphatic heterocycles. The van der Waals surface area contributed by atoms with Gasteiger partial charge in [0.25, 0.3) is 0 Å². The third-order valence-corrected chi connectivity index (χ3v) is 3.66. The monoisotopic (exact) mass is 273 g/mol. The molecule has 0 heterocycles. The van der Waals surface area contributed by atoms with Crippen LogP contribution in [0.3, 0.4) is 0 Å². The average molecular weight is 273 g/mol. The van der Waals surface area contributed by atoms with Crippen LogP contribution < -0.4 is 4.72 Å². The highest BCUT2D eigenvalue weighted by Crippen LogP contribution is 2.10. The molecule has 1 atom stereocenters. The summed E-state index contributed by atoms with van der Waals surface area (Å²) in [5.74, 6) is -0.812. The summed E-state index contributed by atoms with van der Waals surface area (Å²) >= 11 is 0. The summed E-state index contributed by atoms with van der Waals surface area (Å²) in [5, 5.41) is 0. The van der Waals surface area contributed by atoms with E-state index in [-0.39, 0.29) is 4.90 Å². The molecular weight excluding hydrogens is 258 g/mol. The van der Waals surface area contributed by atoms with Gasteiger partial charge in [-0.05, 0) is 19.1 Å². The van der Waals surface area contributed by atoms with Crippen molar-refractivity contribution in [3.8, 4) is 0 Å². The molecule has 0 saturated heterocycles. The number of carbonyl (C=O) groups is 1. The molecule has 0 amide bonds. The quantitative estimate of drug-likeness (QED) is 0.621. The Morgan fingerprint density at radius 1 is 1.22 bits per heavy atom. The van der Waals surface area contributed by atoms with Gasteiger partial charge >= 0.3 is 5.97 Å². The van der Waals surface area contributed by atoms with E-state index in [0.717, 1.165) is 12.7 Å². The molecule has 1 N–H and O–H groups in total. The van der Waals surface area contributed by atoms with Gasteiger partial charge in [-0.15, -0.1) is 0 Å². The first-order valence-corrected chi connectivity index (χ1v) is 6.58. The Labute approximate surface area is 106 Å². The van der Waals surface area contributed by atoms with Crippen molar-refractivity contribution in [3.05, 3.63) is 29.8 Å². The van der Waals surface area contributed by atoms with Gasteiger partial charge in [0.15, 0.2) is 0 Å². The Hall–Kier alpha value is -1.44. The maximum absolute atomic E-state index is 11.9. The van der Waals surface area contributed by atoms with Gasteiger partial charge in [0.1, 0.15) is 0 Å². The summed E-state index contributed by atoms with van der Waals surface area (Å²) in [4.78, 5) is 11.3. The number of sulfonamides is 1. The maximum atomic E-state index is 11.9. The smallest absolute Gasteiger partial charge is 0.351 e. The van der Waals surface area contributed by atoms with Crippen LogP contribution in [0.25, 0.3) is 0 Å². The fourth-order valence-corrected chi connectivity index (χ4v) is 2.33. The Morgan fingerprint density at radius 2 is 1.78 bits per heavy atom. The van der Waals surface area contributed by atoms with E-state index in [9.17, 15) is 13.2 Å². The van der Waals surface area contributed by atoms with Crippen LogP contribution in [0.5, 0.6) is 0 Å². The molecule has 7 heteroatoms. The number of benzene rings is 1. The van der Waals surface area contributed by atoms with Crippen LogP contribution in [-0.4, -0.2) is 34.8 Å². The Kier molecular flexibility index (Phi) is 4.83. The van der Waals surface area contributed by atoms with Crippen molar-refractivity contribution >= 4 is 16.0 Å².